The van der Waals surface area contributed by atoms with Crippen molar-refractivity contribution >= 4 is 11.7 Å². The van der Waals surface area contributed by atoms with Gasteiger partial charge in [-0.25, -0.2) is 8.78 Å². The Balaban J connectivity index is 1.29. The van der Waals surface area contributed by atoms with Crippen LogP contribution in [0.4, 0.5) is 8.78 Å². The zero-order chi connectivity index (χ0) is 25.6. The Bertz CT molecular complexity index is 1040. The molecule has 6 rings (SSSR count). The van der Waals surface area contributed by atoms with Crippen LogP contribution < -0.4 is 10.6 Å². The van der Waals surface area contributed by atoms with E-state index in [4.69, 9.17) is 0 Å². The molecule has 36 heavy (non-hydrogen) atoms. The van der Waals surface area contributed by atoms with Gasteiger partial charge in [-0.15, -0.1) is 0 Å². The summed E-state index contributed by atoms with van der Waals surface area (Å²) < 4.78 is 28.4. The van der Waals surface area contributed by atoms with Crippen molar-refractivity contribution in [1.82, 2.24) is 20.5 Å². The van der Waals surface area contributed by atoms with E-state index in [1.54, 1.807) is 17.3 Å². The van der Waals surface area contributed by atoms with Gasteiger partial charge in [-0.2, -0.15) is 10.3 Å². The molecule has 4 aliphatic carbocycles. The first-order valence-corrected chi connectivity index (χ1v) is 13.2. The second-order valence-electron chi connectivity index (χ2n) is 12.0. The highest BCUT2D eigenvalue weighted by Crippen LogP contribution is 2.60. The van der Waals surface area contributed by atoms with Crippen LogP contribution in [0.1, 0.15) is 64.4 Å². The second kappa shape index (κ2) is 9.37. The van der Waals surface area contributed by atoms with Crippen molar-refractivity contribution in [2.24, 2.45) is 28.2 Å². The van der Waals surface area contributed by atoms with Gasteiger partial charge in [-0.1, -0.05) is 0 Å². The van der Waals surface area contributed by atoms with Gasteiger partial charge >= 0.3 is 0 Å². The number of hydrogen-bond donors (Lipinski definition) is 2. The van der Waals surface area contributed by atoms with Crippen LogP contribution >= 0.6 is 0 Å². The van der Waals surface area contributed by atoms with E-state index in [0.29, 0.717) is 43.1 Å². The molecule has 1 aromatic rings. The maximum absolute atomic E-state index is 14.2. The molecule has 2 heterocycles. The van der Waals surface area contributed by atoms with Gasteiger partial charge in [0.25, 0.3) is 5.92 Å². The summed E-state index contributed by atoms with van der Waals surface area (Å²) in [4.78, 5) is 23.4. The molecule has 4 bridgehead atoms. The monoisotopic (exact) mass is 498 g/mol. The van der Waals surface area contributed by atoms with Gasteiger partial charge < -0.3 is 10.6 Å². The molecule has 2 N–H and O–H groups in total. The minimum atomic E-state index is -2.73. The molecule has 2 atom stereocenters. The maximum Gasteiger partial charge on any atom is 0.260 e. The van der Waals surface area contributed by atoms with Crippen molar-refractivity contribution < 1.29 is 13.6 Å². The van der Waals surface area contributed by atoms with E-state index >= 15 is 0 Å². The number of alkyl halides is 2. The molecular weight excluding hydrogens is 462 g/mol. The number of nitriles is 1. The number of piperidine rings is 1. The molecular formula is C27H36F2N6O. The summed E-state index contributed by atoms with van der Waals surface area (Å²) in [6.07, 6.45) is 10.3. The van der Waals surface area contributed by atoms with Crippen LogP contribution in [-0.4, -0.2) is 52.2 Å². The van der Waals surface area contributed by atoms with Gasteiger partial charge in [-0.05, 0) is 94.4 Å². The third kappa shape index (κ3) is 4.72. The molecule has 1 saturated heterocycles. The SMILES string of the molecule is CC(C)(/C(=N\C#N)NC1C2CC3CC1CC(C(=O)NCc1ccncc1)(C3)C2)N1CCCC(F)(F)C1. The molecule has 9 heteroatoms. The smallest absolute Gasteiger partial charge is 0.260 e. The summed E-state index contributed by atoms with van der Waals surface area (Å²) in [6.45, 7) is 4.48. The Hall–Kier alpha value is -2.60. The van der Waals surface area contributed by atoms with Gasteiger partial charge in [0.15, 0.2) is 0 Å². The van der Waals surface area contributed by atoms with Crippen molar-refractivity contribution in [2.45, 2.75) is 82.8 Å². The zero-order valence-corrected chi connectivity index (χ0v) is 21.1. The molecule has 5 aliphatic rings. The predicted molar refractivity (Wildman–Crippen MR) is 132 cm³/mol. The summed E-state index contributed by atoms with van der Waals surface area (Å²) >= 11 is 0. The van der Waals surface area contributed by atoms with Gasteiger partial charge in [0, 0.05) is 31.4 Å². The zero-order valence-electron chi connectivity index (χ0n) is 21.1. The highest BCUT2D eigenvalue weighted by Gasteiger charge is 2.59. The summed E-state index contributed by atoms with van der Waals surface area (Å²) in [5.41, 5.74) is -0.127. The van der Waals surface area contributed by atoms with Gasteiger partial charge in [0.1, 0.15) is 5.84 Å². The number of pyridine rings is 1. The Morgan fingerprint density at radius 1 is 1.25 bits per heavy atom. The lowest BCUT2D eigenvalue weighted by Gasteiger charge is -2.59. The summed E-state index contributed by atoms with van der Waals surface area (Å²) in [6, 6.07) is 3.92. The van der Waals surface area contributed by atoms with E-state index < -0.39 is 11.5 Å². The van der Waals surface area contributed by atoms with Crippen molar-refractivity contribution in [1.29, 1.82) is 5.26 Å². The van der Waals surface area contributed by atoms with Crippen LogP contribution in [0.3, 0.4) is 0 Å². The fourth-order valence-electron chi connectivity index (χ4n) is 7.55. The topological polar surface area (TPSA) is 93.4 Å². The molecule has 0 radical (unpaired) electrons. The van der Waals surface area contributed by atoms with Crippen molar-refractivity contribution in [2.75, 3.05) is 13.1 Å². The molecule has 194 valence electrons. The number of aromatic nitrogens is 1. The van der Waals surface area contributed by atoms with Crippen LogP contribution in [0.15, 0.2) is 29.5 Å². The van der Waals surface area contributed by atoms with Gasteiger partial charge in [0.05, 0.1) is 17.5 Å². The molecule has 7 nitrogen and oxygen atoms in total. The Labute approximate surface area is 211 Å². The Morgan fingerprint density at radius 2 is 1.94 bits per heavy atom. The maximum atomic E-state index is 14.2. The number of amides is 1. The first-order valence-electron chi connectivity index (χ1n) is 13.2. The van der Waals surface area contributed by atoms with Crippen molar-refractivity contribution in [3.63, 3.8) is 0 Å². The largest absolute Gasteiger partial charge is 0.368 e. The molecule has 1 aliphatic heterocycles. The lowest BCUT2D eigenvalue weighted by molar-refractivity contribution is -0.149. The molecule has 1 aromatic heterocycles. The van der Waals surface area contributed by atoms with Crippen LogP contribution in [0, 0.1) is 34.6 Å². The molecule has 2 unspecified atom stereocenters. The quantitative estimate of drug-likeness (QED) is 0.353. The molecule has 5 fully saturated rings. The molecule has 4 saturated carbocycles. The van der Waals surface area contributed by atoms with E-state index in [1.165, 1.54) is 0 Å². The Kier molecular flexibility index (Phi) is 6.52. The van der Waals surface area contributed by atoms with E-state index in [-0.39, 0.29) is 30.3 Å². The third-order valence-corrected chi connectivity index (χ3v) is 9.19. The van der Waals surface area contributed by atoms with E-state index in [2.05, 4.69) is 20.6 Å². The van der Waals surface area contributed by atoms with E-state index in [9.17, 15) is 18.8 Å². The number of nitrogens with one attached hydrogen (secondary N) is 2. The lowest BCUT2D eigenvalue weighted by atomic mass is 9.47. The third-order valence-electron chi connectivity index (χ3n) is 9.19. The first kappa shape index (κ1) is 25.1. The number of amidine groups is 1. The number of likely N-dealkylation sites (tertiary alicyclic amines) is 1. The highest BCUT2D eigenvalue weighted by atomic mass is 19.3. The summed E-state index contributed by atoms with van der Waals surface area (Å²) in [7, 11) is 0. The second-order valence-corrected chi connectivity index (χ2v) is 12.0. The average Bonchev–Trinajstić information content (AvgIpc) is 2.83. The number of hydrogen-bond acceptors (Lipinski definition) is 5. The number of rotatable bonds is 6. The number of aliphatic imine (C=N–C) groups is 1. The van der Waals surface area contributed by atoms with Crippen LogP contribution in [0.5, 0.6) is 0 Å². The highest BCUT2D eigenvalue weighted by molar-refractivity contribution is 5.92. The average molecular weight is 499 g/mol. The number of carbonyl (C=O) groups is 1. The molecule has 1 amide bonds. The van der Waals surface area contributed by atoms with Crippen LogP contribution in [0.25, 0.3) is 0 Å². The molecule has 0 aromatic carbocycles. The standard InChI is InChI=1S/C27H36F2N6O/c1-25(2,35-9-3-6-27(28,29)16-35)23(33-17-30)34-22-20-10-19-11-21(22)14-26(12-19,13-20)24(36)32-15-18-4-7-31-8-5-18/h4-5,7-8,19-22H,3,6,9-16H2,1-2H3,(H,32,36)(H,33,34). The van der Waals surface area contributed by atoms with Crippen LogP contribution in [0.2, 0.25) is 0 Å². The number of carbonyl (C=O) groups excluding carboxylic acids is 1. The van der Waals surface area contributed by atoms with E-state index in [0.717, 1.165) is 37.7 Å². The summed E-state index contributed by atoms with van der Waals surface area (Å²) in [5, 5.41) is 16.2. The minimum Gasteiger partial charge on any atom is -0.368 e. The van der Waals surface area contributed by atoms with Gasteiger partial charge in [0.2, 0.25) is 12.1 Å². The predicted octanol–water partition coefficient (Wildman–Crippen LogP) is 3.87. The van der Waals surface area contributed by atoms with Gasteiger partial charge in [-0.3, -0.25) is 14.7 Å². The van der Waals surface area contributed by atoms with Crippen molar-refractivity contribution in [3.05, 3.63) is 30.1 Å². The van der Waals surface area contributed by atoms with Crippen LogP contribution in [-0.2, 0) is 11.3 Å². The molecule has 0 spiro atoms. The van der Waals surface area contributed by atoms with E-state index in [1.807, 2.05) is 32.2 Å². The minimum absolute atomic E-state index is 0.0966. The number of halogens is 2. The summed E-state index contributed by atoms with van der Waals surface area (Å²) in [5.74, 6) is -1.00. The number of nitrogens with zero attached hydrogens (tertiary/aromatic N) is 4. The Morgan fingerprint density at radius 3 is 2.58 bits per heavy atom. The first-order chi connectivity index (χ1) is 17.1. The fourth-order valence-corrected chi connectivity index (χ4v) is 7.55. The lowest BCUT2D eigenvalue weighted by Crippen LogP contribution is -2.66. The van der Waals surface area contributed by atoms with Crippen molar-refractivity contribution in [3.8, 4) is 6.19 Å². The fraction of sp³-hybridized carbons (Fsp3) is 0.704. The normalized spacial score (nSPS) is 33.7.